The first-order valence-corrected chi connectivity index (χ1v) is 5.66. The number of rotatable bonds is 3. The Labute approximate surface area is 97.1 Å². The highest BCUT2D eigenvalue weighted by Gasteiger charge is 2.07. The van der Waals surface area contributed by atoms with Crippen LogP contribution in [0.3, 0.4) is 0 Å². The fourth-order valence-corrected chi connectivity index (χ4v) is 1.51. The van der Waals surface area contributed by atoms with E-state index in [1.54, 1.807) is 0 Å². The smallest absolute Gasteiger partial charge is 0.134 e. The fraction of sp³-hybridized carbons (Fsp3) is 0.333. The summed E-state index contributed by atoms with van der Waals surface area (Å²) < 4.78 is 27.1. The number of hydrogen-bond donors (Lipinski definition) is 0. The Hall–Kier alpha value is -0.700. The van der Waals surface area contributed by atoms with Gasteiger partial charge in [-0.05, 0) is 18.1 Å². The van der Waals surface area contributed by atoms with E-state index in [-0.39, 0.29) is 5.56 Å². The predicted molar refractivity (Wildman–Crippen MR) is 62.5 cm³/mol. The highest BCUT2D eigenvalue weighted by molar-refractivity contribution is 9.10. The van der Waals surface area contributed by atoms with Gasteiger partial charge in [-0.2, -0.15) is 0 Å². The quantitative estimate of drug-likeness (QED) is 0.744. The zero-order valence-electron chi connectivity index (χ0n) is 8.73. The maximum Gasteiger partial charge on any atom is 0.134 e. The fourth-order valence-electron chi connectivity index (χ4n) is 1.11. The van der Waals surface area contributed by atoms with Crippen molar-refractivity contribution in [3.63, 3.8) is 0 Å². The molecule has 3 heteroatoms. The number of halogens is 3. The van der Waals surface area contributed by atoms with Gasteiger partial charge in [0, 0.05) is 10.0 Å². The van der Waals surface area contributed by atoms with Crippen LogP contribution in [0.25, 0.3) is 6.08 Å². The van der Waals surface area contributed by atoms with Crippen LogP contribution in [0.15, 0.2) is 22.7 Å². The summed E-state index contributed by atoms with van der Waals surface area (Å²) >= 11 is 3.04. The molecule has 0 heterocycles. The van der Waals surface area contributed by atoms with Crippen LogP contribution in [0.4, 0.5) is 8.78 Å². The lowest BCUT2D eigenvalue weighted by Crippen LogP contribution is -1.90. The number of benzene rings is 1. The van der Waals surface area contributed by atoms with E-state index in [1.165, 1.54) is 18.2 Å². The zero-order valence-corrected chi connectivity index (χ0v) is 10.3. The third-order valence-corrected chi connectivity index (χ3v) is 2.74. The Morgan fingerprint density at radius 1 is 1.33 bits per heavy atom. The van der Waals surface area contributed by atoms with Crippen LogP contribution < -0.4 is 0 Å². The Morgan fingerprint density at radius 2 is 1.87 bits per heavy atom. The van der Waals surface area contributed by atoms with Gasteiger partial charge in [-0.25, -0.2) is 8.78 Å². The van der Waals surface area contributed by atoms with Gasteiger partial charge in [0.1, 0.15) is 11.6 Å². The molecule has 0 nitrogen and oxygen atoms in total. The SMILES string of the molecule is CC[C@@H](C)/C=C/c1c(F)cc(Br)cc1F. The second-order valence-electron chi connectivity index (χ2n) is 3.53. The van der Waals surface area contributed by atoms with E-state index < -0.39 is 11.6 Å². The molecule has 0 bridgehead atoms. The molecule has 0 aromatic heterocycles. The van der Waals surface area contributed by atoms with E-state index >= 15 is 0 Å². The second kappa shape index (κ2) is 5.40. The molecule has 0 unspecified atom stereocenters. The third-order valence-electron chi connectivity index (χ3n) is 2.28. The van der Waals surface area contributed by atoms with E-state index in [9.17, 15) is 8.78 Å². The molecule has 82 valence electrons. The average Bonchev–Trinajstić information content (AvgIpc) is 2.15. The van der Waals surface area contributed by atoms with Crippen LogP contribution in [-0.4, -0.2) is 0 Å². The molecular weight excluding hydrogens is 262 g/mol. The van der Waals surface area contributed by atoms with Gasteiger partial charge in [0.25, 0.3) is 0 Å². The molecule has 0 N–H and O–H groups in total. The molecule has 0 aliphatic carbocycles. The van der Waals surface area contributed by atoms with Crippen LogP contribution >= 0.6 is 15.9 Å². The topological polar surface area (TPSA) is 0 Å². The summed E-state index contributed by atoms with van der Waals surface area (Å²) in [6.45, 7) is 4.04. The first-order chi connectivity index (χ1) is 7.04. The molecule has 0 saturated heterocycles. The molecule has 1 aromatic rings. The second-order valence-corrected chi connectivity index (χ2v) is 4.44. The maximum absolute atomic E-state index is 13.3. The van der Waals surface area contributed by atoms with Crippen molar-refractivity contribution >= 4 is 22.0 Å². The number of hydrogen-bond acceptors (Lipinski definition) is 0. The van der Waals surface area contributed by atoms with Gasteiger partial charge in [0.15, 0.2) is 0 Å². The number of allylic oxidation sites excluding steroid dienone is 1. The standard InChI is InChI=1S/C12H13BrF2/c1-3-8(2)4-5-10-11(14)6-9(13)7-12(10)15/h4-8H,3H2,1-2H3/b5-4+/t8-/m1/s1. The highest BCUT2D eigenvalue weighted by Crippen LogP contribution is 2.21. The van der Waals surface area contributed by atoms with Crippen molar-refractivity contribution in [1.82, 2.24) is 0 Å². The van der Waals surface area contributed by atoms with Crippen LogP contribution in [0, 0.1) is 17.6 Å². The summed E-state index contributed by atoms with van der Waals surface area (Å²) in [7, 11) is 0. The van der Waals surface area contributed by atoms with E-state index in [0.717, 1.165) is 6.42 Å². The molecule has 0 saturated carbocycles. The van der Waals surface area contributed by atoms with Crippen molar-refractivity contribution in [2.45, 2.75) is 20.3 Å². The van der Waals surface area contributed by atoms with Crippen LogP contribution in [0.1, 0.15) is 25.8 Å². The van der Waals surface area contributed by atoms with E-state index in [1.807, 2.05) is 19.9 Å². The molecule has 15 heavy (non-hydrogen) atoms. The molecule has 0 spiro atoms. The summed E-state index contributed by atoms with van der Waals surface area (Å²) in [6.07, 6.45) is 4.27. The van der Waals surface area contributed by atoms with Crippen LogP contribution in [0.2, 0.25) is 0 Å². The highest BCUT2D eigenvalue weighted by atomic mass is 79.9. The minimum Gasteiger partial charge on any atom is -0.206 e. The Morgan fingerprint density at radius 3 is 2.33 bits per heavy atom. The average molecular weight is 275 g/mol. The molecule has 1 aromatic carbocycles. The molecular formula is C12H13BrF2. The summed E-state index contributed by atoms with van der Waals surface area (Å²) in [5.74, 6) is -0.754. The molecule has 1 rings (SSSR count). The summed E-state index contributed by atoms with van der Waals surface area (Å²) in [4.78, 5) is 0. The minimum atomic E-state index is -0.540. The molecule has 0 aliphatic rings. The Bertz CT molecular complexity index is 349. The van der Waals surface area contributed by atoms with Crippen molar-refractivity contribution in [3.05, 3.63) is 39.9 Å². The first kappa shape index (κ1) is 12.4. The van der Waals surface area contributed by atoms with Gasteiger partial charge in [-0.15, -0.1) is 0 Å². The molecule has 0 fully saturated rings. The Kier molecular flexibility index (Phi) is 4.45. The summed E-state index contributed by atoms with van der Waals surface area (Å²) in [6, 6.07) is 2.53. The lowest BCUT2D eigenvalue weighted by molar-refractivity contribution is 0.576. The Balaban J connectivity index is 3.00. The minimum absolute atomic E-state index is 0.0264. The lowest BCUT2D eigenvalue weighted by atomic mass is 10.1. The van der Waals surface area contributed by atoms with Gasteiger partial charge in [-0.3, -0.25) is 0 Å². The van der Waals surface area contributed by atoms with Gasteiger partial charge in [-0.1, -0.05) is 48.4 Å². The van der Waals surface area contributed by atoms with E-state index in [4.69, 9.17) is 0 Å². The third kappa shape index (κ3) is 3.42. The molecule has 1 atom stereocenters. The van der Waals surface area contributed by atoms with Crippen LogP contribution in [-0.2, 0) is 0 Å². The summed E-state index contributed by atoms with van der Waals surface area (Å²) in [5, 5.41) is 0. The van der Waals surface area contributed by atoms with Gasteiger partial charge in [0.05, 0.1) is 0 Å². The van der Waals surface area contributed by atoms with Crippen molar-refractivity contribution in [3.8, 4) is 0 Å². The largest absolute Gasteiger partial charge is 0.206 e. The molecule has 0 radical (unpaired) electrons. The summed E-state index contributed by atoms with van der Waals surface area (Å²) in [5.41, 5.74) is 0.0264. The van der Waals surface area contributed by atoms with Gasteiger partial charge >= 0.3 is 0 Å². The van der Waals surface area contributed by atoms with Crippen molar-refractivity contribution in [1.29, 1.82) is 0 Å². The van der Waals surface area contributed by atoms with Gasteiger partial charge in [0.2, 0.25) is 0 Å². The zero-order chi connectivity index (χ0) is 11.4. The normalized spacial score (nSPS) is 13.4. The molecule has 0 amide bonds. The van der Waals surface area contributed by atoms with Crippen molar-refractivity contribution < 1.29 is 8.78 Å². The maximum atomic E-state index is 13.3. The van der Waals surface area contributed by atoms with Crippen molar-refractivity contribution in [2.24, 2.45) is 5.92 Å². The first-order valence-electron chi connectivity index (χ1n) is 4.87. The lowest BCUT2D eigenvalue weighted by Gasteiger charge is -2.03. The monoisotopic (exact) mass is 274 g/mol. The van der Waals surface area contributed by atoms with Crippen molar-refractivity contribution in [2.75, 3.05) is 0 Å². The van der Waals surface area contributed by atoms with E-state index in [2.05, 4.69) is 15.9 Å². The molecule has 0 aliphatic heterocycles. The van der Waals surface area contributed by atoms with Gasteiger partial charge < -0.3 is 0 Å². The van der Waals surface area contributed by atoms with Crippen LogP contribution in [0.5, 0.6) is 0 Å². The van der Waals surface area contributed by atoms with E-state index in [0.29, 0.717) is 10.4 Å². The predicted octanol–water partition coefficient (Wildman–Crippen LogP) is 4.79.